The molecule has 1 fully saturated rings. The molecule has 2 aromatic carbocycles. The minimum atomic E-state index is -0.442. The molecule has 0 aromatic heterocycles. The molecule has 1 N–H and O–H groups in total. The number of aliphatic imine (C=N–C) groups is 1. The van der Waals surface area contributed by atoms with E-state index < -0.39 is 5.92 Å². The molecule has 5 nitrogen and oxygen atoms in total. The first-order valence-corrected chi connectivity index (χ1v) is 9.75. The summed E-state index contributed by atoms with van der Waals surface area (Å²) in [6.07, 6.45) is 1.59. The van der Waals surface area contributed by atoms with Crippen LogP contribution < -0.4 is 10.2 Å². The van der Waals surface area contributed by atoms with Gasteiger partial charge in [-0.1, -0.05) is 18.2 Å². The SMILES string of the molecule is CC(C)N1CCN(c2ccc(N=CC3C(=O)Nc4ccccc43)cc2F)CC1. The van der Waals surface area contributed by atoms with E-state index in [1.807, 2.05) is 30.3 Å². The van der Waals surface area contributed by atoms with Gasteiger partial charge in [0.2, 0.25) is 5.91 Å². The Labute approximate surface area is 164 Å². The van der Waals surface area contributed by atoms with E-state index in [4.69, 9.17) is 0 Å². The van der Waals surface area contributed by atoms with Crippen molar-refractivity contribution in [1.29, 1.82) is 0 Å². The smallest absolute Gasteiger partial charge is 0.237 e. The highest BCUT2D eigenvalue weighted by Gasteiger charge is 2.28. The van der Waals surface area contributed by atoms with Gasteiger partial charge in [0, 0.05) is 50.2 Å². The molecule has 1 atom stereocenters. The third-order valence-electron chi connectivity index (χ3n) is 5.53. The number of hydrogen-bond acceptors (Lipinski definition) is 4. The number of halogens is 1. The van der Waals surface area contributed by atoms with Crippen LogP contribution in [-0.2, 0) is 4.79 Å². The van der Waals surface area contributed by atoms with Gasteiger partial charge in [0.1, 0.15) is 11.7 Å². The predicted molar refractivity (Wildman–Crippen MR) is 111 cm³/mol. The first-order valence-electron chi connectivity index (χ1n) is 9.75. The van der Waals surface area contributed by atoms with Crippen LogP contribution in [0.4, 0.5) is 21.5 Å². The van der Waals surface area contributed by atoms with Crippen LogP contribution in [0.5, 0.6) is 0 Å². The average Bonchev–Trinajstić information content (AvgIpc) is 3.01. The summed E-state index contributed by atoms with van der Waals surface area (Å²) in [4.78, 5) is 21.0. The lowest BCUT2D eigenvalue weighted by Gasteiger charge is -2.38. The van der Waals surface area contributed by atoms with Gasteiger partial charge in [0.25, 0.3) is 0 Å². The van der Waals surface area contributed by atoms with Gasteiger partial charge < -0.3 is 10.2 Å². The lowest BCUT2D eigenvalue weighted by molar-refractivity contribution is -0.115. The predicted octanol–water partition coefficient (Wildman–Crippen LogP) is 3.79. The van der Waals surface area contributed by atoms with E-state index in [9.17, 15) is 9.18 Å². The van der Waals surface area contributed by atoms with Crippen molar-refractivity contribution in [3.05, 3.63) is 53.8 Å². The van der Waals surface area contributed by atoms with Crippen molar-refractivity contribution in [2.75, 3.05) is 36.4 Å². The fourth-order valence-electron chi connectivity index (χ4n) is 3.85. The van der Waals surface area contributed by atoms with Crippen molar-refractivity contribution >= 4 is 29.2 Å². The van der Waals surface area contributed by atoms with E-state index in [1.54, 1.807) is 12.3 Å². The minimum absolute atomic E-state index is 0.106. The number of nitrogens with zero attached hydrogens (tertiary/aromatic N) is 3. The number of para-hydroxylation sites is 1. The standard InChI is InChI=1S/C22H25FN4O/c1-15(2)26-9-11-27(12-10-26)21-8-7-16(13-19(21)23)24-14-18-17-5-3-4-6-20(17)25-22(18)28/h3-8,13-15,18H,9-12H2,1-2H3,(H,25,28). The summed E-state index contributed by atoms with van der Waals surface area (Å²) in [6.45, 7) is 7.88. The van der Waals surface area contributed by atoms with Gasteiger partial charge in [-0.3, -0.25) is 14.7 Å². The molecule has 0 radical (unpaired) electrons. The van der Waals surface area contributed by atoms with Crippen LogP contribution in [0.2, 0.25) is 0 Å². The second-order valence-corrected chi connectivity index (χ2v) is 7.58. The van der Waals surface area contributed by atoms with Crippen LogP contribution in [0.25, 0.3) is 0 Å². The number of amides is 1. The Balaban J connectivity index is 1.47. The molecule has 2 aliphatic rings. The topological polar surface area (TPSA) is 47.9 Å². The molecule has 2 aromatic rings. The van der Waals surface area contributed by atoms with Gasteiger partial charge in [-0.05, 0) is 37.6 Å². The van der Waals surface area contributed by atoms with Crippen LogP contribution in [0.15, 0.2) is 47.5 Å². The third kappa shape index (κ3) is 3.64. The average molecular weight is 380 g/mol. The van der Waals surface area contributed by atoms with Crippen molar-refractivity contribution in [1.82, 2.24) is 4.90 Å². The fraction of sp³-hybridized carbons (Fsp3) is 0.364. The molecule has 146 valence electrons. The number of benzene rings is 2. The molecule has 1 unspecified atom stereocenters. The summed E-state index contributed by atoms with van der Waals surface area (Å²) in [6, 6.07) is 13.1. The Morgan fingerprint density at radius 3 is 2.61 bits per heavy atom. The van der Waals surface area contributed by atoms with Crippen LogP contribution in [0, 0.1) is 5.82 Å². The number of rotatable bonds is 4. The van der Waals surface area contributed by atoms with Gasteiger partial charge >= 0.3 is 0 Å². The maximum Gasteiger partial charge on any atom is 0.237 e. The van der Waals surface area contributed by atoms with Crippen LogP contribution >= 0.6 is 0 Å². The number of piperazine rings is 1. The number of fused-ring (bicyclic) bond motifs is 1. The van der Waals surface area contributed by atoms with Crippen LogP contribution in [0.3, 0.4) is 0 Å². The van der Waals surface area contributed by atoms with Gasteiger partial charge in [0.15, 0.2) is 0 Å². The summed E-state index contributed by atoms with van der Waals surface area (Å²) in [5.74, 6) is -0.822. The Hall–Kier alpha value is -2.73. The molecule has 0 bridgehead atoms. The Morgan fingerprint density at radius 2 is 1.89 bits per heavy atom. The third-order valence-corrected chi connectivity index (χ3v) is 5.53. The molecule has 28 heavy (non-hydrogen) atoms. The van der Waals surface area contributed by atoms with E-state index in [1.165, 1.54) is 6.07 Å². The molecule has 0 spiro atoms. The number of carbonyl (C=O) groups is 1. The molecule has 0 saturated carbocycles. The van der Waals surface area contributed by atoms with Gasteiger partial charge in [-0.25, -0.2) is 4.39 Å². The van der Waals surface area contributed by atoms with Crippen molar-refractivity contribution in [3.8, 4) is 0 Å². The quantitative estimate of drug-likeness (QED) is 0.821. The van der Waals surface area contributed by atoms with Crippen molar-refractivity contribution in [2.24, 2.45) is 4.99 Å². The number of carbonyl (C=O) groups excluding carboxylic acids is 1. The van der Waals surface area contributed by atoms with E-state index in [2.05, 4.69) is 34.0 Å². The zero-order valence-corrected chi connectivity index (χ0v) is 16.2. The summed E-state index contributed by atoms with van der Waals surface area (Å²) < 4.78 is 14.7. The zero-order valence-electron chi connectivity index (χ0n) is 16.2. The summed E-state index contributed by atoms with van der Waals surface area (Å²) in [5, 5.41) is 2.84. The fourth-order valence-corrected chi connectivity index (χ4v) is 3.85. The molecule has 4 rings (SSSR count). The summed E-state index contributed by atoms with van der Waals surface area (Å²) in [5.41, 5.74) is 2.84. The highest BCUT2D eigenvalue weighted by molar-refractivity contribution is 6.12. The monoisotopic (exact) mass is 380 g/mol. The van der Waals surface area contributed by atoms with Crippen LogP contribution in [0.1, 0.15) is 25.3 Å². The van der Waals surface area contributed by atoms with E-state index in [0.717, 1.165) is 37.4 Å². The first kappa shape index (κ1) is 18.6. The van der Waals surface area contributed by atoms with Crippen molar-refractivity contribution in [3.63, 3.8) is 0 Å². The van der Waals surface area contributed by atoms with E-state index in [-0.39, 0.29) is 11.7 Å². The normalized spacial score (nSPS) is 20.1. The number of hydrogen-bond donors (Lipinski definition) is 1. The molecular weight excluding hydrogens is 355 g/mol. The van der Waals surface area contributed by atoms with Gasteiger partial charge in [-0.15, -0.1) is 0 Å². The molecule has 2 heterocycles. The lowest BCUT2D eigenvalue weighted by Crippen LogP contribution is -2.49. The van der Waals surface area contributed by atoms with E-state index in [0.29, 0.717) is 17.4 Å². The highest BCUT2D eigenvalue weighted by atomic mass is 19.1. The van der Waals surface area contributed by atoms with Crippen molar-refractivity contribution < 1.29 is 9.18 Å². The summed E-state index contributed by atoms with van der Waals surface area (Å²) in [7, 11) is 0. The number of anilines is 2. The zero-order chi connectivity index (χ0) is 19.7. The first-order chi connectivity index (χ1) is 13.5. The maximum absolute atomic E-state index is 14.7. The Morgan fingerprint density at radius 1 is 1.14 bits per heavy atom. The second-order valence-electron chi connectivity index (χ2n) is 7.58. The Bertz CT molecular complexity index is 903. The van der Waals surface area contributed by atoms with Crippen LogP contribution in [-0.4, -0.2) is 49.2 Å². The second kappa shape index (κ2) is 7.72. The van der Waals surface area contributed by atoms with E-state index >= 15 is 0 Å². The molecule has 0 aliphatic carbocycles. The molecule has 1 saturated heterocycles. The molecule has 1 amide bonds. The molecule has 2 aliphatic heterocycles. The Kier molecular flexibility index (Phi) is 5.13. The lowest BCUT2D eigenvalue weighted by atomic mass is 10.0. The molecule has 6 heteroatoms. The maximum atomic E-state index is 14.7. The summed E-state index contributed by atoms with van der Waals surface area (Å²) >= 11 is 0. The number of nitrogens with one attached hydrogen (secondary N) is 1. The largest absolute Gasteiger partial charge is 0.367 e. The van der Waals surface area contributed by atoms with Gasteiger partial charge in [0.05, 0.1) is 11.4 Å². The van der Waals surface area contributed by atoms with Gasteiger partial charge in [-0.2, -0.15) is 0 Å². The van der Waals surface area contributed by atoms with Crippen molar-refractivity contribution in [2.45, 2.75) is 25.8 Å². The minimum Gasteiger partial charge on any atom is -0.367 e. The molecular formula is C22H25FN4O. The highest BCUT2D eigenvalue weighted by Crippen LogP contribution is 2.32.